The number of carboxylic acids is 1. The van der Waals surface area contributed by atoms with Gasteiger partial charge in [-0.3, -0.25) is 19.3 Å². The van der Waals surface area contributed by atoms with Crippen LogP contribution >= 0.6 is 0 Å². The molecule has 1 unspecified atom stereocenters. The quantitative estimate of drug-likeness (QED) is 0.530. The Hall–Kier alpha value is -2.92. The molecule has 0 bridgehead atoms. The van der Waals surface area contributed by atoms with E-state index in [0.29, 0.717) is 32.8 Å². The summed E-state index contributed by atoms with van der Waals surface area (Å²) in [4.78, 5) is 53.9. The Bertz CT molecular complexity index is 980. The topological polar surface area (TPSA) is 141 Å². The molecule has 1 saturated heterocycles. The second kappa shape index (κ2) is 9.92. The minimum Gasteiger partial charge on any atom is -0.503 e. The highest BCUT2D eigenvalue weighted by Gasteiger charge is 2.40. The second-order valence-corrected chi connectivity index (χ2v) is 8.84. The van der Waals surface area contributed by atoms with Crippen molar-refractivity contribution >= 4 is 17.8 Å². The Balaban J connectivity index is 1.63. The lowest BCUT2D eigenvalue weighted by molar-refractivity contribution is -0.127. The number of carbonyl (C=O) groups is 3. The minimum absolute atomic E-state index is 0.0424. The third-order valence-electron chi connectivity index (χ3n) is 6.71. The number of rotatable bonds is 6. The van der Waals surface area contributed by atoms with Crippen LogP contribution in [0, 0.1) is 0 Å². The van der Waals surface area contributed by atoms with Crippen molar-refractivity contribution in [1.29, 1.82) is 0 Å². The van der Waals surface area contributed by atoms with Gasteiger partial charge in [-0.1, -0.05) is 19.3 Å². The van der Waals surface area contributed by atoms with Gasteiger partial charge >= 0.3 is 5.97 Å². The number of aromatic nitrogens is 1. The fourth-order valence-electron chi connectivity index (χ4n) is 4.83. The van der Waals surface area contributed by atoms with Gasteiger partial charge in [0.2, 0.25) is 11.3 Å². The van der Waals surface area contributed by atoms with Crippen LogP contribution in [0.2, 0.25) is 0 Å². The maximum atomic E-state index is 13.4. The highest BCUT2D eigenvalue weighted by molar-refractivity contribution is 6.00. The van der Waals surface area contributed by atoms with E-state index in [9.17, 15) is 29.4 Å². The zero-order valence-electron chi connectivity index (χ0n) is 18.5. The summed E-state index contributed by atoms with van der Waals surface area (Å²) in [6.07, 6.45) is 6.01. The lowest BCUT2D eigenvalue weighted by Crippen LogP contribution is -2.58. The van der Waals surface area contributed by atoms with E-state index in [2.05, 4.69) is 10.2 Å². The summed E-state index contributed by atoms with van der Waals surface area (Å²) in [6.45, 7) is 3.31. The van der Waals surface area contributed by atoms with Crippen LogP contribution in [0.1, 0.15) is 53.0 Å². The van der Waals surface area contributed by atoms with Gasteiger partial charge in [-0.05, 0) is 12.8 Å². The highest BCUT2D eigenvalue weighted by atomic mass is 16.5. The number of hydrogen-bond acceptors (Lipinski definition) is 7. The van der Waals surface area contributed by atoms with Gasteiger partial charge in [0.1, 0.15) is 11.6 Å². The minimum atomic E-state index is -1.50. The molecule has 0 radical (unpaired) electrons. The zero-order chi connectivity index (χ0) is 23.5. The largest absolute Gasteiger partial charge is 0.503 e. The summed E-state index contributed by atoms with van der Waals surface area (Å²) in [5, 5.41) is 22.8. The Morgan fingerprint density at radius 1 is 1.09 bits per heavy atom. The molecule has 0 aromatic carbocycles. The van der Waals surface area contributed by atoms with Gasteiger partial charge < -0.3 is 29.7 Å². The first-order valence-corrected chi connectivity index (χ1v) is 11.5. The molecule has 180 valence electrons. The normalized spacial score (nSPS) is 22.1. The Morgan fingerprint density at radius 3 is 2.45 bits per heavy atom. The Kier molecular flexibility index (Phi) is 6.99. The van der Waals surface area contributed by atoms with E-state index >= 15 is 0 Å². The molecule has 3 heterocycles. The second-order valence-electron chi connectivity index (χ2n) is 8.84. The van der Waals surface area contributed by atoms with Crippen molar-refractivity contribution in [2.24, 2.45) is 0 Å². The first-order chi connectivity index (χ1) is 15.9. The molecular weight excluding hydrogens is 432 g/mol. The maximum absolute atomic E-state index is 13.4. The van der Waals surface area contributed by atoms with Crippen molar-refractivity contribution in [2.45, 2.75) is 50.7 Å². The van der Waals surface area contributed by atoms with Crippen LogP contribution in [0.5, 0.6) is 5.75 Å². The predicted octanol–water partition coefficient (Wildman–Crippen LogP) is -0.142. The van der Waals surface area contributed by atoms with Crippen LogP contribution < -0.4 is 10.7 Å². The molecule has 2 aliphatic heterocycles. The number of nitrogens with zero attached hydrogens (tertiary/aromatic N) is 3. The van der Waals surface area contributed by atoms with Crippen LogP contribution in [0.3, 0.4) is 0 Å². The first-order valence-electron chi connectivity index (χ1n) is 11.5. The van der Waals surface area contributed by atoms with Gasteiger partial charge in [-0.2, -0.15) is 0 Å². The predicted molar refractivity (Wildman–Crippen MR) is 116 cm³/mol. The lowest BCUT2D eigenvalue weighted by Gasteiger charge is -2.39. The summed E-state index contributed by atoms with van der Waals surface area (Å²) in [7, 11) is 0. The van der Waals surface area contributed by atoms with Gasteiger partial charge in [0, 0.05) is 38.4 Å². The summed E-state index contributed by atoms with van der Waals surface area (Å²) >= 11 is 0. The number of hydrogen-bond donors (Lipinski definition) is 3. The SMILES string of the molecule is O=C(O)c1cn2c(c(O)c1=O)C(=O)N(CCN1CCOCC1)C(C(=O)NC1CCCCC1)C2. The monoisotopic (exact) mass is 462 g/mol. The van der Waals surface area contributed by atoms with E-state index in [-0.39, 0.29) is 30.7 Å². The zero-order valence-corrected chi connectivity index (χ0v) is 18.5. The third-order valence-corrected chi connectivity index (χ3v) is 6.71. The van der Waals surface area contributed by atoms with Crippen molar-refractivity contribution in [1.82, 2.24) is 19.7 Å². The van der Waals surface area contributed by atoms with E-state index in [1.54, 1.807) is 0 Å². The molecule has 1 aliphatic carbocycles. The van der Waals surface area contributed by atoms with Crippen molar-refractivity contribution in [3.63, 3.8) is 0 Å². The molecule has 1 atom stereocenters. The molecule has 1 aromatic rings. The number of carboxylic acid groups (broad SMARTS) is 1. The number of morpholine rings is 1. The molecule has 11 nitrogen and oxygen atoms in total. The molecule has 33 heavy (non-hydrogen) atoms. The first kappa shape index (κ1) is 23.2. The van der Waals surface area contributed by atoms with Crippen molar-refractivity contribution < 1.29 is 29.3 Å². The number of fused-ring (bicyclic) bond motifs is 1. The number of carbonyl (C=O) groups excluding carboxylic acids is 2. The van der Waals surface area contributed by atoms with Crippen molar-refractivity contribution in [3.05, 3.63) is 27.7 Å². The molecule has 11 heteroatoms. The summed E-state index contributed by atoms with van der Waals surface area (Å²) < 4.78 is 6.58. The third kappa shape index (κ3) is 4.88. The van der Waals surface area contributed by atoms with Crippen LogP contribution in [0.15, 0.2) is 11.0 Å². The van der Waals surface area contributed by atoms with Crippen LogP contribution in [0.4, 0.5) is 0 Å². The number of nitrogens with one attached hydrogen (secondary N) is 1. The van der Waals surface area contributed by atoms with E-state index in [1.165, 1.54) is 9.47 Å². The number of ether oxygens (including phenoxy) is 1. The fraction of sp³-hybridized carbons (Fsp3) is 0.636. The molecule has 1 saturated carbocycles. The maximum Gasteiger partial charge on any atom is 0.341 e. The van der Waals surface area contributed by atoms with Crippen LogP contribution in [0.25, 0.3) is 0 Å². The summed E-state index contributed by atoms with van der Waals surface area (Å²) in [6, 6.07) is -0.836. The number of aromatic hydroxyl groups is 1. The van der Waals surface area contributed by atoms with E-state index in [1.807, 2.05) is 0 Å². The van der Waals surface area contributed by atoms with Crippen molar-refractivity contribution in [3.8, 4) is 5.75 Å². The van der Waals surface area contributed by atoms with E-state index < -0.39 is 34.7 Å². The number of aromatic carboxylic acids is 1. The molecule has 3 N–H and O–H groups in total. The highest BCUT2D eigenvalue weighted by Crippen LogP contribution is 2.25. The fourth-order valence-corrected chi connectivity index (χ4v) is 4.83. The Labute approximate surface area is 190 Å². The molecule has 0 spiro atoms. The molecular formula is C22H30N4O7. The number of pyridine rings is 1. The molecule has 4 rings (SSSR count). The Morgan fingerprint density at radius 2 is 1.79 bits per heavy atom. The molecule has 2 amide bonds. The summed E-state index contributed by atoms with van der Waals surface area (Å²) in [5.74, 6) is -3.37. The summed E-state index contributed by atoms with van der Waals surface area (Å²) in [5.41, 5.74) is -2.04. The molecule has 3 aliphatic rings. The standard InChI is InChI=1S/C22H30N4O7/c27-18-15(22(31)32)12-25-13-16(20(29)23-14-4-2-1-3-5-14)26(21(30)17(25)19(18)28)7-6-24-8-10-33-11-9-24/h12,14,16,28H,1-11,13H2,(H,23,29)(H,31,32). The van der Waals surface area contributed by atoms with E-state index in [0.717, 1.165) is 38.3 Å². The van der Waals surface area contributed by atoms with Crippen LogP contribution in [-0.2, 0) is 16.1 Å². The van der Waals surface area contributed by atoms with Gasteiger partial charge in [-0.15, -0.1) is 0 Å². The average molecular weight is 463 g/mol. The molecule has 1 aromatic heterocycles. The smallest absolute Gasteiger partial charge is 0.341 e. The van der Waals surface area contributed by atoms with Gasteiger partial charge in [0.25, 0.3) is 5.91 Å². The number of amides is 2. The van der Waals surface area contributed by atoms with Crippen molar-refractivity contribution in [2.75, 3.05) is 39.4 Å². The molecule has 2 fully saturated rings. The van der Waals surface area contributed by atoms with Gasteiger partial charge in [0.05, 0.1) is 19.8 Å². The average Bonchev–Trinajstić information content (AvgIpc) is 2.81. The van der Waals surface area contributed by atoms with Crippen LogP contribution in [-0.4, -0.2) is 93.8 Å². The van der Waals surface area contributed by atoms with E-state index in [4.69, 9.17) is 4.74 Å². The van der Waals surface area contributed by atoms with Gasteiger partial charge in [-0.25, -0.2) is 4.79 Å². The lowest BCUT2D eigenvalue weighted by atomic mass is 9.95. The van der Waals surface area contributed by atoms with Gasteiger partial charge in [0.15, 0.2) is 11.4 Å².